The van der Waals surface area contributed by atoms with Crippen LogP contribution in [0.15, 0.2) is 10.6 Å². The van der Waals surface area contributed by atoms with Crippen LogP contribution in [0.2, 0.25) is 0 Å². The fourth-order valence-electron chi connectivity index (χ4n) is 1.75. The summed E-state index contributed by atoms with van der Waals surface area (Å²) in [5, 5.41) is 11.5. The van der Waals surface area contributed by atoms with Crippen LogP contribution in [0.5, 0.6) is 0 Å². The second-order valence-corrected chi connectivity index (χ2v) is 6.50. The van der Waals surface area contributed by atoms with Crippen molar-refractivity contribution in [2.45, 2.75) is 58.9 Å². The third-order valence-corrected chi connectivity index (χ3v) is 3.11. The highest BCUT2D eigenvalue weighted by molar-refractivity contribution is 5.83. The van der Waals surface area contributed by atoms with Gasteiger partial charge in [0.2, 0.25) is 5.91 Å². The van der Waals surface area contributed by atoms with Crippen molar-refractivity contribution in [2.24, 2.45) is 5.92 Å². The molecule has 118 valence electrons. The fraction of sp³-hybridized carbons (Fsp3) is 0.667. The molecular formula is C15H24N2O4. The van der Waals surface area contributed by atoms with Gasteiger partial charge in [0, 0.05) is 18.3 Å². The monoisotopic (exact) mass is 296 g/mol. The van der Waals surface area contributed by atoms with Gasteiger partial charge in [0.25, 0.3) is 0 Å². The second-order valence-electron chi connectivity index (χ2n) is 6.50. The van der Waals surface area contributed by atoms with E-state index in [1.807, 2.05) is 20.8 Å². The average Bonchev–Trinajstić information content (AvgIpc) is 2.81. The summed E-state index contributed by atoms with van der Waals surface area (Å²) in [5.41, 5.74) is -0.125. The Morgan fingerprint density at radius 2 is 2.00 bits per heavy atom. The maximum Gasteiger partial charge on any atom is 0.326 e. The summed E-state index contributed by atoms with van der Waals surface area (Å²) in [5.74, 6) is -0.244. The molecule has 6 nitrogen and oxygen atoms in total. The van der Waals surface area contributed by atoms with Crippen molar-refractivity contribution in [3.8, 4) is 0 Å². The van der Waals surface area contributed by atoms with E-state index in [4.69, 9.17) is 9.52 Å². The molecule has 1 aromatic heterocycles. The molecule has 0 aliphatic carbocycles. The average molecular weight is 296 g/mol. The maximum absolute atomic E-state index is 11.8. The lowest BCUT2D eigenvalue weighted by Gasteiger charge is -2.17. The van der Waals surface area contributed by atoms with E-state index < -0.39 is 12.0 Å². The van der Waals surface area contributed by atoms with Crippen molar-refractivity contribution < 1.29 is 19.1 Å². The quantitative estimate of drug-likeness (QED) is 0.839. The molecule has 1 amide bonds. The molecule has 1 rings (SSSR count). The van der Waals surface area contributed by atoms with Crippen molar-refractivity contribution >= 4 is 11.9 Å². The van der Waals surface area contributed by atoms with Crippen LogP contribution in [0.1, 0.15) is 52.7 Å². The van der Waals surface area contributed by atoms with E-state index in [-0.39, 0.29) is 23.7 Å². The highest BCUT2D eigenvalue weighted by atomic mass is 16.4. The van der Waals surface area contributed by atoms with Crippen LogP contribution in [0.3, 0.4) is 0 Å². The first kappa shape index (κ1) is 17.2. The highest BCUT2D eigenvalue weighted by Crippen LogP contribution is 2.22. The SMILES string of the molecule is CC(C)[C@@H](NC(=O)CCc1ncc(C(C)(C)C)o1)C(=O)O. The summed E-state index contributed by atoms with van der Waals surface area (Å²) in [6.07, 6.45) is 2.17. The van der Waals surface area contributed by atoms with Gasteiger partial charge < -0.3 is 14.8 Å². The third-order valence-electron chi connectivity index (χ3n) is 3.11. The Labute approximate surface area is 124 Å². The molecule has 0 aromatic carbocycles. The number of nitrogens with zero attached hydrogens (tertiary/aromatic N) is 1. The number of carboxylic acids is 1. The van der Waals surface area contributed by atoms with Gasteiger partial charge in [-0.2, -0.15) is 0 Å². The van der Waals surface area contributed by atoms with E-state index in [1.165, 1.54) is 0 Å². The van der Waals surface area contributed by atoms with Gasteiger partial charge in [-0.3, -0.25) is 4.79 Å². The molecule has 0 spiro atoms. The zero-order valence-electron chi connectivity index (χ0n) is 13.3. The number of carbonyl (C=O) groups is 2. The van der Waals surface area contributed by atoms with Gasteiger partial charge in [0.1, 0.15) is 11.8 Å². The summed E-state index contributed by atoms with van der Waals surface area (Å²) < 4.78 is 5.59. The molecule has 21 heavy (non-hydrogen) atoms. The number of nitrogens with one attached hydrogen (secondary N) is 1. The maximum atomic E-state index is 11.8. The Balaban J connectivity index is 2.53. The fourth-order valence-corrected chi connectivity index (χ4v) is 1.75. The van der Waals surface area contributed by atoms with Crippen molar-refractivity contribution in [3.63, 3.8) is 0 Å². The smallest absolute Gasteiger partial charge is 0.326 e. The van der Waals surface area contributed by atoms with Gasteiger partial charge in [0.15, 0.2) is 5.89 Å². The summed E-state index contributed by atoms with van der Waals surface area (Å²) in [7, 11) is 0. The molecule has 0 aliphatic heterocycles. The van der Waals surface area contributed by atoms with Crippen molar-refractivity contribution in [1.29, 1.82) is 0 Å². The number of aromatic nitrogens is 1. The molecule has 1 aromatic rings. The number of hydrogen-bond acceptors (Lipinski definition) is 4. The lowest BCUT2D eigenvalue weighted by atomic mass is 9.94. The minimum absolute atomic E-state index is 0.125. The molecule has 0 saturated carbocycles. The molecule has 0 unspecified atom stereocenters. The topological polar surface area (TPSA) is 92.4 Å². The van der Waals surface area contributed by atoms with Crippen LogP contribution >= 0.6 is 0 Å². The normalized spacial score (nSPS) is 13.2. The van der Waals surface area contributed by atoms with E-state index in [2.05, 4.69) is 10.3 Å². The minimum Gasteiger partial charge on any atom is -0.480 e. The van der Waals surface area contributed by atoms with Crippen LogP contribution in [-0.4, -0.2) is 28.0 Å². The lowest BCUT2D eigenvalue weighted by molar-refractivity contribution is -0.143. The predicted octanol–water partition coefficient (Wildman–Crippen LogP) is 2.13. The molecule has 0 aliphatic rings. The van der Waals surface area contributed by atoms with E-state index in [0.29, 0.717) is 12.3 Å². The van der Waals surface area contributed by atoms with Gasteiger partial charge in [0.05, 0.1) is 6.20 Å². The molecule has 0 saturated heterocycles. The number of rotatable bonds is 6. The highest BCUT2D eigenvalue weighted by Gasteiger charge is 2.24. The van der Waals surface area contributed by atoms with E-state index >= 15 is 0 Å². The Kier molecular flexibility index (Phi) is 5.52. The molecule has 2 N–H and O–H groups in total. The standard InChI is InChI=1S/C15H24N2O4/c1-9(2)13(14(19)20)17-11(18)6-7-12-16-8-10(21-12)15(3,4)5/h8-9,13H,6-7H2,1-5H3,(H,17,18)(H,19,20)/t13-/m1/s1. The van der Waals surface area contributed by atoms with Crippen molar-refractivity contribution in [1.82, 2.24) is 10.3 Å². The van der Waals surface area contributed by atoms with Crippen LogP contribution in [0.25, 0.3) is 0 Å². The van der Waals surface area contributed by atoms with Gasteiger partial charge >= 0.3 is 5.97 Å². The molecule has 1 atom stereocenters. The Morgan fingerprint density at radius 1 is 1.38 bits per heavy atom. The minimum atomic E-state index is -1.02. The van der Waals surface area contributed by atoms with Gasteiger partial charge in [-0.25, -0.2) is 9.78 Å². The molecule has 1 heterocycles. The van der Waals surface area contributed by atoms with E-state index in [9.17, 15) is 9.59 Å². The number of carboxylic acid groups (broad SMARTS) is 1. The largest absolute Gasteiger partial charge is 0.480 e. The Bertz CT molecular complexity index is 500. The molecule has 6 heteroatoms. The first-order valence-electron chi connectivity index (χ1n) is 7.08. The second kappa shape index (κ2) is 6.74. The first-order valence-corrected chi connectivity index (χ1v) is 7.08. The van der Waals surface area contributed by atoms with Gasteiger partial charge in [-0.15, -0.1) is 0 Å². The number of hydrogen-bond donors (Lipinski definition) is 2. The van der Waals surface area contributed by atoms with Crippen LogP contribution in [0, 0.1) is 5.92 Å². The summed E-state index contributed by atoms with van der Waals surface area (Å²) >= 11 is 0. The molecule has 0 fully saturated rings. The van der Waals surface area contributed by atoms with Crippen molar-refractivity contribution in [3.05, 3.63) is 17.8 Å². The lowest BCUT2D eigenvalue weighted by Crippen LogP contribution is -2.44. The zero-order chi connectivity index (χ0) is 16.2. The van der Waals surface area contributed by atoms with Crippen LogP contribution < -0.4 is 5.32 Å². The Morgan fingerprint density at radius 3 is 2.43 bits per heavy atom. The molecule has 0 radical (unpaired) electrons. The summed E-state index contributed by atoms with van der Waals surface area (Å²) in [4.78, 5) is 27.0. The molecular weight excluding hydrogens is 272 g/mol. The number of aliphatic carboxylic acids is 1. The van der Waals surface area contributed by atoms with Crippen molar-refractivity contribution in [2.75, 3.05) is 0 Å². The number of oxazole rings is 1. The number of aryl methyl sites for hydroxylation is 1. The summed E-state index contributed by atoms with van der Waals surface area (Å²) in [6.45, 7) is 9.56. The third kappa shape index (κ3) is 5.21. The number of amides is 1. The van der Waals surface area contributed by atoms with Crippen LogP contribution in [-0.2, 0) is 21.4 Å². The Hall–Kier alpha value is -1.85. The molecule has 0 bridgehead atoms. The first-order chi connectivity index (χ1) is 9.61. The van der Waals surface area contributed by atoms with E-state index in [1.54, 1.807) is 20.0 Å². The van der Waals surface area contributed by atoms with Gasteiger partial charge in [-0.05, 0) is 5.92 Å². The zero-order valence-corrected chi connectivity index (χ0v) is 13.3. The summed E-state index contributed by atoms with van der Waals surface area (Å²) in [6, 6.07) is -0.868. The van der Waals surface area contributed by atoms with E-state index in [0.717, 1.165) is 5.76 Å². The van der Waals surface area contributed by atoms with Crippen LogP contribution in [0.4, 0.5) is 0 Å². The van der Waals surface area contributed by atoms with Gasteiger partial charge in [-0.1, -0.05) is 34.6 Å². The number of carbonyl (C=O) groups excluding carboxylic acids is 1. The predicted molar refractivity (Wildman–Crippen MR) is 77.9 cm³/mol.